The van der Waals surface area contributed by atoms with Crippen molar-refractivity contribution < 1.29 is 22.4 Å². The van der Waals surface area contributed by atoms with E-state index in [4.69, 9.17) is 5.84 Å². The van der Waals surface area contributed by atoms with Gasteiger partial charge in [0.2, 0.25) is 0 Å². The second-order valence-electron chi connectivity index (χ2n) is 5.37. The van der Waals surface area contributed by atoms with Crippen LogP contribution < -0.4 is 16.6 Å². The van der Waals surface area contributed by atoms with Gasteiger partial charge in [-0.2, -0.15) is 18.3 Å². The molecule has 6 nitrogen and oxygen atoms in total. The molecule has 0 saturated carbocycles. The lowest BCUT2D eigenvalue weighted by Gasteiger charge is -2.33. The standard InChI is InChI=1S/C14H13F4N5O/c15-8-3-1-7(2-4-8)9-5-11(14(16,17)18)23-12(20-9)6-10(22-23)13(24)21-19/h1-4,6,9,11,20H,5,19H2,(H,21,24)/t9-,11-/m1/s1. The van der Waals surface area contributed by atoms with E-state index in [1.807, 2.05) is 5.43 Å². The van der Waals surface area contributed by atoms with Gasteiger partial charge >= 0.3 is 6.18 Å². The van der Waals surface area contributed by atoms with Gasteiger partial charge in [-0.25, -0.2) is 14.9 Å². The van der Waals surface area contributed by atoms with Gasteiger partial charge in [-0.15, -0.1) is 0 Å². The summed E-state index contributed by atoms with van der Waals surface area (Å²) >= 11 is 0. The minimum absolute atomic E-state index is 0.0384. The number of carbonyl (C=O) groups is 1. The number of halogens is 4. The summed E-state index contributed by atoms with van der Waals surface area (Å²) in [5, 5.41) is 6.59. The number of aromatic nitrogens is 2. The number of hydrogen-bond donors (Lipinski definition) is 3. The van der Waals surface area contributed by atoms with Crippen LogP contribution in [0.25, 0.3) is 0 Å². The van der Waals surface area contributed by atoms with Crippen LogP contribution in [0.5, 0.6) is 0 Å². The van der Waals surface area contributed by atoms with E-state index in [1.54, 1.807) is 0 Å². The molecule has 1 amide bonds. The van der Waals surface area contributed by atoms with Gasteiger partial charge in [0.05, 0.1) is 6.04 Å². The first-order chi connectivity index (χ1) is 11.3. The normalized spacial score (nSPS) is 20.2. The number of nitrogens with two attached hydrogens (primary N) is 1. The molecular formula is C14H13F4N5O. The molecule has 2 aromatic rings. The van der Waals surface area contributed by atoms with Crippen molar-refractivity contribution in [2.24, 2.45) is 5.84 Å². The van der Waals surface area contributed by atoms with Gasteiger partial charge in [0.1, 0.15) is 11.6 Å². The Hall–Kier alpha value is -2.62. The van der Waals surface area contributed by atoms with E-state index in [2.05, 4.69) is 10.4 Å². The molecule has 0 spiro atoms. The van der Waals surface area contributed by atoms with E-state index in [1.165, 1.54) is 30.3 Å². The first-order valence-corrected chi connectivity index (χ1v) is 6.99. The summed E-state index contributed by atoms with van der Waals surface area (Å²) in [4.78, 5) is 11.5. The van der Waals surface area contributed by atoms with Crippen LogP contribution in [0.1, 0.15) is 34.6 Å². The van der Waals surface area contributed by atoms with Gasteiger partial charge in [-0.1, -0.05) is 12.1 Å². The van der Waals surface area contributed by atoms with E-state index in [9.17, 15) is 22.4 Å². The zero-order valence-corrected chi connectivity index (χ0v) is 12.1. The van der Waals surface area contributed by atoms with Crippen molar-refractivity contribution >= 4 is 11.7 Å². The summed E-state index contributed by atoms with van der Waals surface area (Å²) in [7, 11) is 0. The van der Waals surface area contributed by atoms with Gasteiger partial charge in [-0.3, -0.25) is 10.2 Å². The van der Waals surface area contributed by atoms with Crippen LogP contribution in [0.2, 0.25) is 0 Å². The second-order valence-corrected chi connectivity index (χ2v) is 5.37. The van der Waals surface area contributed by atoms with Crippen LogP contribution in [0.4, 0.5) is 23.4 Å². The summed E-state index contributed by atoms with van der Waals surface area (Å²) in [6.07, 6.45) is -4.90. The smallest absolute Gasteiger partial charge is 0.363 e. The maximum absolute atomic E-state index is 13.4. The highest BCUT2D eigenvalue weighted by molar-refractivity contribution is 5.92. The first-order valence-electron chi connectivity index (χ1n) is 6.99. The Balaban J connectivity index is 2.00. The summed E-state index contributed by atoms with van der Waals surface area (Å²) in [5.41, 5.74) is 2.10. The molecule has 0 bridgehead atoms. The maximum atomic E-state index is 13.4. The molecule has 0 radical (unpaired) electrons. The molecule has 0 aliphatic carbocycles. The van der Waals surface area contributed by atoms with Crippen molar-refractivity contribution in [1.29, 1.82) is 0 Å². The molecule has 0 unspecified atom stereocenters. The topological polar surface area (TPSA) is 85.0 Å². The molecule has 3 rings (SSSR count). The molecular weight excluding hydrogens is 330 g/mol. The number of anilines is 1. The van der Waals surface area contributed by atoms with E-state index < -0.39 is 30.0 Å². The Morgan fingerprint density at radius 3 is 2.58 bits per heavy atom. The van der Waals surface area contributed by atoms with Gasteiger partial charge in [0.25, 0.3) is 5.91 Å². The maximum Gasteiger partial charge on any atom is 0.410 e. The summed E-state index contributed by atoms with van der Waals surface area (Å²) in [5.74, 6) is 3.75. The number of fused-ring (bicyclic) bond motifs is 1. The molecule has 0 fully saturated rings. The zero-order valence-electron chi connectivity index (χ0n) is 12.1. The predicted molar refractivity (Wildman–Crippen MR) is 76.4 cm³/mol. The summed E-state index contributed by atoms with van der Waals surface area (Å²) < 4.78 is 53.9. The quantitative estimate of drug-likeness (QED) is 0.338. The Morgan fingerprint density at radius 2 is 2.00 bits per heavy atom. The van der Waals surface area contributed by atoms with Crippen LogP contribution >= 0.6 is 0 Å². The third kappa shape index (κ3) is 2.92. The first kappa shape index (κ1) is 16.2. The monoisotopic (exact) mass is 343 g/mol. The zero-order chi connectivity index (χ0) is 17.5. The Bertz CT molecular complexity index is 756. The van der Waals surface area contributed by atoms with E-state index in [0.717, 1.165) is 4.68 Å². The van der Waals surface area contributed by atoms with Crippen LogP contribution in [0, 0.1) is 5.82 Å². The van der Waals surface area contributed by atoms with Crippen molar-refractivity contribution in [3.8, 4) is 0 Å². The van der Waals surface area contributed by atoms with E-state index in [0.29, 0.717) is 5.56 Å². The number of hydrogen-bond acceptors (Lipinski definition) is 4. The number of rotatable bonds is 2. The van der Waals surface area contributed by atoms with Crippen LogP contribution in [-0.2, 0) is 0 Å². The number of benzene rings is 1. The fourth-order valence-corrected chi connectivity index (χ4v) is 2.67. The lowest BCUT2D eigenvalue weighted by Crippen LogP contribution is -2.36. The van der Waals surface area contributed by atoms with Gasteiger partial charge in [0, 0.05) is 12.5 Å². The van der Waals surface area contributed by atoms with Crippen LogP contribution in [-0.4, -0.2) is 21.9 Å². The van der Waals surface area contributed by atoms with Gasteiger partial charge < -0.3 is 5.32 Å². The number of hydrazine groups is 1. The fourth-order valence-electron chi connectivity index (χ4n) is 2.67. The highest BCUT2D eigenvalue weighted by atomic mass is 19.4. The van der Waals surface area contributed by atoms with Crippen LogP contribution in [0.3, 0.4) is 0 Å². The number of amides is 1. The number of nitrogens with zero attached hydrogens (tertiary/aromatic N) is 2. The summed E-state index contributed by atoms with van der Waals surface area (Å²) in [6.45, 7) is 0. The Kier molecular flexibility index (Phi) is 3.91. The molecule has 1 aromatic heterocycles. The predicted octanol–water partition coefficient (Wildman–Crippen LogP) is 2.29. The molecule has 4 N–H and O–H groups in total. The van der Waals surface area contributed by atoms with Crippen molar-refractivity contribution in [2.75, 3.05) is 5.32 Å². The summed E-state index contributed by atoms with van der Waals surface area (Å²) in [6, 6.07) is 3.77. The van der Waals surface area contributed by atoms with Crippen molar-refractivity contribution in [2.45, 2.75) is 24.7 Å². The van der Waals surface area contributed by atoms with Crippen molar-refractivity contribution in [3.63, 3.8) is 0 Å². The average Bonchev–Trinajstić information content (AvgIpc) is 2.96. The number of nitrogens with one attached hydrogen (secondary N) is 2. The minimum atomic E-state index is -4.56. The molecule has 2 heterocycles. The van der Waals surface area contributed by atoms with Crippen molar-refractivity contribution in [3.05, 3.63) is 47.4 Å². The highest BCUT2D eigenvalue weighted by Crippen LogP contribution is 2.43. The molecule has 10 heteroatoms. The largest absolute Gasteiger partial charge is 0.410 e. The molecule has 0 saturated heterocycles. The number of nitrogen functional groups attached to an aromatic ring is 1. The lowest BCUT2D eigenvalue weighted by molar-refractivity contribution is -0.173. The molecule has 2 atom stereocenters. The Morgan fingerprint density at radius 1 is 1.33 bits per heavy atom. The third-order valence-corrected chi connectivity index (χ3v) is 3.83. The van der Waals surface area contributed by atoms with E-state index >= 15 is 0 Å². The van der Waals surface area contributed by atoms with Crippen LogP contribution in [0.15, 0.2) is 30.3 Å². The second kappa shape index (κ2) is 5.78. The Labute approximate surface area is 133 Å². The number of carbonyl (C=O) groups excluding carboxylic acids is 1. The molecule has 1 aliphatic heterocycles. The van der Waals surface area contributed by atoms with Crippen molar-refractivity contribution in [1.82, 2.24) is 15.2 Å². The molecule has 128 valence electrons. The molecule has 24 heavy (non-hydrogen) atoms. The fraction of sp³-hybridized carbons (Fsp3) is 0.286. The van der Waals surface area contributed by atoms with Gasteiger partial charge in [-0.05, 0) is 17.7 Å². The third-order valence-electron chi connectivity index (χ3n) is 3.83. The van der Waals surface area contributed by atoms with Gasteiger partial charge in [0.15, 0.2) is 11.7 Å². The minimum Gasteiger partial charge on any atom is -0.363 e. The molecule has 1 aliphatic rings. The highest BCUT2D eigenvalue weighted by Gasteiger charge is 2.46. The number of alkyl halides is 3. The lowest BCUT2D eigenvalue weighted by atomic mass is 9.97. The average molecular weight is 343 g/mol. The SMILES string of the molecule is NNC(=O)c1cc2n(n1)[C@@H](C(F)(F)F)C[C@H](c1ccc(F)cc1)N2. The van der Waals surface area contributed by atoms with E-state index in [-0.39, 0.29) is 17.9 Å². The molecule has 1 aromatic carbocycles.